The molecule has 0 radical (unpaired) electrons. The van der Waals surface area contributed by atoms with E-state index < -0.39 is 0 Å². The van der Waals surface area contributed by atoms with Gasteiger partial charge in [-0.1, -0.05) is 12.1 Å². The predicted molar refractivity (Wildman–Crippen MR) is 79.0 cm³/mol. The van der Waals surface area contributed by atoms with Crippen molar-refractivity contribution in [2.75, 3.05) is 5.32 Å². The van der Waals surface area contributed by atoms with Crippen molar-refractivity contribution in [2.24, 2.45) is 0 Å². The lowest BCUT2D eigenvalue weighted by molar-refractivity contribution is 0.475. The second kappa shape index (κ2) is 5.61. The largest absolute Gasteiger partial charge is 0.508 e. The van der Waals surface area contributed by atoms with E-state index in [9.17, 15) is 9.50 Å². The Balaban J connectivity index is 2.21. The maximum atomic E-state index is 13.5. The molecule has 0 spiro atoms. The summed E-state index contributed by atoms with van der Waals surface area (Å²) < 4.78 is 14.0. The van der Waals surface area contributed by atoms with Gasteiger partial charge in [0.25, 0.3) is 0 Å². The Morgan fingerprint density at radius 3 is 2.47 bits per heavy atom. The number of phenols is 1. The van der Waals surface area contributed by atoms with E-state index in [0.29, 0.717) is 4.47 Å². The first-order valence-corrected chi connectivity index (χ1v) is 6.78. The van der Waals surface area contributed by atoms with Gasteiger partial charge in [-0.05, 0) is 65.2 Å². The van der Waals surface area contributed by atoms with Gasteiger partial charge in [0.1, 0.15) is 11.6 Å². The molecular formula is C15H15BrFNO. The Morgan fingerprint density at radius 2 is 1.84 bits per heavy atom. The van der Waals surface area contributed by atoms with Crippen molar-refractivity contribution in [1.82, 2.24) is 0 Å². The quantitative estimate of drug-likeness (QED) is 0.852. The van der Waals surface area contributed by atoms with Gasteiger partial charge in [-0.25, -0.2) is 4.39 Å². The smallest absolute Gasteiger partial charge is 0.139 e. The van der Waals surface area contributed by atoms with Gasteiger partial charge in [-0.15, -0.1) is 0 Å². The summed E-state index contributed by atoms with van der Waals surface area (Å²) in [5, 5.41) is 12.5. The van der Waals surface area contributed by atoms with Crippen LogP contribution in [0.4, 0.5) is 10.1 Å². The standard InChI is InChI=1S/C15H15BrFNO/c1-9-7-13(16)14(17)8-15(9)18-10(2)11-3-5-12(19)6-4-11/h3-8,10,18-19H,1-2H3. The summed E-state index contributed by atoms with van der Waals surface area (Å²) in [5.74, 6) is -0.0483. The molecule has 2 aromatic rings. The maximum Gasteiger partial charge on any atom is 0.139 e. The van der Waals surface area contributed by atoms with Crippen LogP contribution in [-0.2, 0) is 0 Å². The van der Waals surface area contributed by atoms with Gasteiger partial charge in [-0.2, -0.15) is 0 Å². The Hall–Kier alpha value is -1.55. The van der Waals surface area contributed by atoms with E-state index in [-0.39, 0.29) is 17.6 Å². The average molecular weight is 324 g/mol. The van der Waals surface area contributed by atoms with Crippen LogP contribution in [0.1, 0.15) is 24.1 Å². The summed E-state index contributed by atoms with van der Waals surface area (Å²) in [5.41, 5.74) is 2.76. The molecule has 0 aliphatic rings. The third-order valence-electron chi connectivity index (χ3n) is 3.03. The molecule has 0 amide bonds. The Bertz CT molecular complexity index is 583. The second-order valence-electron chi connectivity index (χ2n) is 4.54. The molecule has 4 heteroatoms. The SMILES string of the molecule is Cc1cc(Br)c(F)cc1NC(C)c1ccc(O)cc1. The number of halogens is 2. The minimum atomic E-state index is -0.286. The van der Waals surface area contributed by atoms with Crippen LogP contribution in [0.3, 0.4) is 0 Å². The number of phenolic OH excluding ortho intramolecular Hbond substituents is 1. The number of hydrogen-bond acceptors (Lipinski definition) is 2. The first kappa shape index (κ1) is 13.9. The Labute approximate surface area is 120 Å². The van der Waals surface area contributed by atoms with E-state index in [1.807, 2.05) is 26.0 Å². The van der Waals surface area contributed by atoms with Gasteiger partial charge >= 0.3 is 0 Å². The fraction of sp³-hybridized carbons (Fsp3) is 0.200. The zero-order valence-electron chi connectivity index (χ0n) is 10.7. The van der Waals surface area contributed by atoms with Gasteiger partial charge < -0.3 is 10.4 Å². The molecule has 2 rings (SSSR count). The molecule has 0 saturated heterocycles. The highest BCUT2D eigenvalue weighted by Gasteiger charge is 2.09. The third kappa shape index (κ3) is 3.26. The molecule has 2 aromatic carbocycles. The van der Waals surface area contributed by atoms with Crippen LogP contribution in [0.5, 0.6) is 5.75 Å². The summed E-state index contributed by atoms with van der Waals surface area (Å²) in [4.78, 5) is 0. The number of benzene rings is 2. The first-order chi connectivity index (χ1) is 8.97. The van der Waals surface area contributed by atoms with Crippen LogP contribution in [0, 0.1) is 12.7 Å². The number of anilines is 1. The van der Waals surface area contributed by atoms with Crippen LogP contribution in [0.25, 0.3) is 0 Å². The molecule has 0 heterocycles. The number of aromatic hydroxyl groups is 1. The number of rotatable bonds is 3. The highest BCUT2D eigenvalue weighted by Crippen LogP contribution is 2.27. The second-order valence-corrected chi connectivity index (χ2v) is 5.39. The number of hydrogen-bond donors (Lipinski definition) is 2. The minimum Gasteiger partial charge on any atom is -0.508 e. The maximum absolute atomic E-state index is 13.5. The van der Waals surface area contributed by atoms with E-state index >= 15 is 0 Å². The van der Waals surface area contributed by atoms with Crippen LogP contribution in [0.2, 0.25) is 0 Å². The topological polar surface area (TPSA) is 32.3 Å². The molecule has 19 heavy (non-hydrogen) atoms. The molecule has 0 saturated carbocycles. The molecular weight excluding hydrogens is 309 g/mol. The van der Waals surface area contributed by atoms with Crippen molar-refractivity contribution in [3.8, 4) is 5.75 Å². The van der Waals surface area contributed by atoms with E-state index in [1.165, 1.54) is 6.07 Å². The first-order valence-electron chi connectivity index (χ1n) is 5.98. The fourth-order valence-electron chi connectivity index (χ4n) is 1.88. The van der Waals surface area contributed by atoms with Crippen molar-refractivity contribution >= 4 is 21.6 Å². The predicted octanol–water partition coefficient (Wildman–Crippen LogP) is 4.78. The lowest BCUT2D eigenvalue weighted by atomic mass is 10.1. The lowest BCUT2D eigenvalue weighted by Crippen LogP contribution is -2.08. The fourth-order valence-corrected chi connectivity index (χ4v) is 2.34. The molecule has 0 aliphatic carbocycles. The monoisotopic (exact) mass is 323 g/mol. The molecule has 0 fully saturated rings. The third-order valence-corrected chi connectivity index (χ3v) is 3.64. The number of aryl methyl sites for hydroxylation is 1. The van der Waals surface area contributed by atoms with Crippen LogP contribution in [0.15, 0.2) is 40.9 Å². The Kier molecular flexibility index (Phi) is 4.10. The van der Waals surface area contributed by atoms with Gasteiger partial charge in [0.2, 0.25) is 0 Å². The zero-order valence-corrected chi connectivity index (χ0v) is 12.3. The molecule has 1 atom stereocenters. The minimum absolute atomic E-state index is 0.0277. The van der Waals surface area contributed by atoms with E-state index in [2.05, 4.69) is 21.2 Å². The van der Waals surface area contributed by atoms with Crippen LogP contribution >= 0.6 is 15.9 Å². The highest BCUT2D eigenvalue weighted by molar-refractivity contribution is 9.10. The van der Waals surface area contributed by atoms with E-state index in [0.717, 1.165) is 16.8 Å². The van der Waals surface area contributed by atoms with Crippen LogP contribution < -0.4 is 5.32 Å². The van der Waals surface area contributed by atoms with Gasteiger partial charge in [0, 0.05) is 11.7 Å². The molecule has 2 nitrogen and oxygen atoms in total. The molecule has 0 aliphatic heterocycles. The highest BCUT2D eigenvalue weighted by atomic mass is 79.9. The van der Waals surface area contributed by atoms with Crippen LogP contribution in [-0.4, -0.2) is 5.11 Å². The molecule has 100 valence electrons. The Morgan fingerprint density at radius 1 is 1.21 bits per heavy atom. The molecule has 2 N–H and O–H groups in total. The van der Waals surface area contributed by atoms with Gasteiger partial charge in [0.05, 0.1) is 4.47 Å². The molecule has 0 bridgehead atoms. The molecule has 1 unspecified atom stereocenters. The summed E-state index contributed by atoms with van der Waals surface area (Å²) in [7, 11) is 0. The van der Waals surface area contributed by atoms with Crippen molar-refractivity contribution in [3.63, 3.8) is 0 Å². The van der Waals surface area contributed by atoms with Crippen molar-refractivity contribution in [1.29, 1.82) is 0 Å². The van der Waals surface area contributed by atoms with Gasteiger partial charge in [-0.3, -0.25) is 0 Å². The number of nitrogens with one attached hydrogen (secondary N) is 1. The average Bonchev–Trinajstić information content (AvgIpc) is 2.36. The van der Waals surface area contributed by atoms with Crippen molar-refractivity contribution in [3.05, 3.63) is 57.8 Å². The normalized spacial score (nSPS) is 12.2. The molecule has 0 aromatic heterocycles. The van der Waals surface area contributed by atoms with Crippen molar-refractivity contribution < 1.29 is 9.50 Å². The lowest BCUT2D eigenvalue weighted by Gasteiger charge is -2.18. The van der Waals surface area contributed by atoms with Gasteiger partial charge in [0.15, 0.2) is 0 Å². The van der Waals surface area contributed by atoms with Crippen molar-refractivity contribution in [2.45, 2.75) is 19.9 Å². The summed E-state index contributed by atoms with van der Waals surface area (Å²) >= 11 is 3.17. The van der Waals surface area contributed by atoms with E-state index in [1.54, 1.807) is 18.2 Å². The summed E-state index contributed by atoms with van der Waals surface area (Å²) in [6.45, 7) is 3.92. The summed E-state index contributed by atoms with van der Waals surface area (Å²) in [6, 6.07) is 10.2. The zero-order chi connectivity index (χ0) is 14.0. The summed E-state index contributed by atoms with van der Waals surface area (Å²) in [6.07, 6.45) is 0. The van der Waals surface area contributed by atoms with E-state index in [4.69, 9.17) is 0 Å².